The molecule has 3 rings (SSSR count). The molecule has 1 fully saturated rings. The fraction of sp³-hybridized carbons (Fsp3) is 0.357. The van der Waals surface area contributed by atoms with E-state index < -0.39 is 0 Å². The van der Waals surface area contributed by atoms with Crippen molar-refractivity contribution < 1.29 is 4.79 Å². The van der Waals surface area contributed by atoms with E-state index in [1.807, 2.05) is 12.1 Å². The van der Waals surface area contributed by atoms with Crippen molar-refractivity contribution >= 4 is 29.3 Å². The Labute approximate surface area is 137 Å². The lowest BCUT2D eigenvalue weighted by molar-refractivity contribution is -0.118. The van der Waals surface area contributed by atoms with Gasteiger partial charge >= 0.3 is 0 Å². The Hall–Kier alpha value is -1.73. The van der Waals surface area contributed by atoms with Gasteiger partial charge in [0, 0.05) is 17.1 Å². The largest absolute Gasteiger partial charge is 0.355 e. The van der Waals surface area contributed by atoms with E-state index in [1.165, 1.54) is 29.3 Å². The van der Waals surface area contributed by atoms with Crippen molar-refractivity contribution in [2.24, 2.45) is 5.92 Å². The monoisotopic (exact) mass is 337 g/mol. The molecule has 0 bridgehead atoms. The molecule has 0 unspecified atom stereocenters. The third-order valence-corrected chi connectivity index (χ3v) is 4.54. The third-order valence-electron chi connectivity index (χ3n) is 3.36. The van der Waals surface area contributed by atoms with Crippen molar-refractivity contribution in [3.63, 3.8) is 0 Å². The number of carbonyl (C=O) groups is 1. The molecule has 116 valence electrons. The van der Waals surface area contributed by atoms with Gasteiger partial charge in [0.1, 0.15) is 0 Å². The van der Waals surface area contributed by atoms with E-state index in [9.17, 15) is 4.79 Å². The third kappa shape index (κ3) is 3.72. The summed E-state index contributed by atoms with van der Waals surface area (Å²) in [5, 5.41) is 12.1. The van der Waals surface area contributed by atoms with Crippen LogP contribution in [0.4, 0.5) is 0 Å². The van der Waals surface area contributed by atoms with E-state index in [4.69, 9.17) is 17.4 Å². The molecule has 0 saturated heterocycles. The van der Waals surface area contributed by atoms with E-state index in [0.29, 0.717) is 21.9 Å². The highest BCUT2D eigenvalue weighted by Gasteiger charge is 2.21. The molecule has 3 N–H and O–H groups in total. The number of carbonyl (C=O) groups excluding carboxylic acids is 1. The highest BCUT2D eigenvalue weighted by molar-refractivity contribution is 7.99. The predicted octanol–water partition coefficient (Wildman–Crippen LogP) is 1.93. The Morgan fingerprint density at radius 3 is 3.00 bits per heavy atom. The standard InChI is InChI=1S/C14H16ClN5OS/c15-11-3-1-2-10(6-11)13-18-19-14(20(13)16)22-8-12(21)17-7-9-4-5-9/h1-3,6,9H,4-5,7-8,16H2,(H,17,21). The Kier molecular flexibility index (Phi) is 4.54. The van der Waals surface area contributed by atoms with E-state index in [1.54, 1.807) is 12.1 Å². The maximum Gasteiger partial charge on any atom is 0.230 e. The van der Waals surface area contributed by atoms with Crippen LogP contribution in [-0.2, 0) is 4.79 Å². The van der Waals surface area contributed by atoms with Gasteiger partial charge in [-0.1, -0.05) is 35.5 Å². The van der Waals surface area contributed by atoms with Crippen molar-refractivity contribution in [1.82, 2.24) is 20.2 Å². The van der Waals surface area contributed by atoms with Crippen molar-refractivity contribution in [3.8, 4) is 11.4 Å². The summed E-state index contributed by atoms with van der Waals surface area (Å²) >= 11 is 7.23. The molecule has 1 aromatic carbocycles. The minimum absolute atomic E-state index is 0.00999. The maximum atomic E-state index is 11.7. The Morgan fingerprint density at radius 2 is 2.27 bits per heavy atom. The summed E-state index contributed by atoms with van der Waals surface area (Å²) in [5.74, 6) is 7.45. The molecule has 1 aromatic heterocycles. The van der Waals surface area contributed by atoms with E-state index in [2.05, 4.69) is 15.5 Å². The van der Waals surface area contributed by atoms with E-state index >= 15 is 0 Å². The maximum absolute atomic E-state index is 11.7. The number of nitrogens with two attached hydrogens (primary N) is 1. The van der Waals surface area contributed by atoms with Crippen molar-refractivity contribution in [3.05, 3.63) is 29.3 Å². The van der Waals surface area contributed by atoms with Crippen LogP contribution in [0.25, 0.3) is 11.4 Å². The number of nitrogens with zero attached hydrogens (tertiary/aromatic N) is 3. The van der Waals surface area contributed by atoms with Crippen LogP contribution in [0, 0.1) is 5.92 Å². The molecule has 0 atom stereocenters. The Balaban J connectivity index is 1.61. The van der Waals surface area contributed by atoms with Gasteiger partial charge in [-0.2, -0.15) is 0 Å². The van der Waals surface area contributed by atoms with Gasteiger partial charge in [-0.05, 0) is 30.9 Å². The Morgan fingerprint density at radius 1 is 1.45 bits per heavy atom. The molecular formula is C14H16ClN5OS. The van der Waals surface area contributed by atoms with Crippen LogP contribution < -0.4 is 11.2 Å². The van der Waals surface area contributed by atoms with Crippen molar-refractivity contribution in [1.29, 1.82) is 0 Å². The molecule has 1 aliphatic rings. The lowest BCUT2D eigenvalue weighted by Gasteiger charge is -2.05. The normalized spacial score (nSPS) is 14.0. The summed E-state index contributed by atoms with van der Waals surface area (Å²) < 4.78 is 1.38. The highest BCUT2D eigenvalue weighted by Crippen LogP contribution is 2.27. The first-order chi connectivity index (χ1) is 10.6. The fourth-order valence-corrected chi connectivity index (χ4v) is 2.84. The fourth-order valence-electron chi connectivity index (χ4n) is 1.96. The molecule has 1 aliphatic carbocycles. The second-order valence-corrected chi connectivity index (χ2v) is 6.60. The Bertz CT molecular complexity index is 686. The van der Waals surface area contributed by atoms with E-state index in [-0.39, 0.29) is 11.7 Å². The number of hydrogen-bond acceptors (Lipinski definition) is 5. The zero-order valence-electron chi connectivity index (χ0n) is 11.8. The summed E-state index contributed by atoms with van der Waals surface area (Å²) in [6, 6.07) is 7.23. The molecule has 1 heterocycles. The molecule has 0 aliphatic heterocycles. The average Bonchev–Trinajstić information content (AvgIpc) is 3.26. The number of aromatic nitrogens is 3. The number of thioether (sulfide) groups is 1. The van der Waals surface area contributed by atoms with Gasteiger partial charge in [-0.15, -0.1) is 10.2 Å². The zero-order chi connectivity index (χ0) is 15.5. The second-order valence-electron chi connectivity index (χ2n) is 5.22. The van der Waals surface area contributed by atoms with Crippen molar-refractivity contribution in [2.45, 2.75) is 18.0 Å². The van der Waals surface area contributed by atoms with Crippen LogP contribution >= 0.6 is 23.4 Å². The van der Waals surface area contributed by atoms with Crippen LogP contribution in [-0.4, -0.2) is 33.1 Å². The number of rotatable bonds is 6. The van der Waals surface area contributed by atoms with Gasteiger partial charge in [0.15, 0.2) is 5.82 Å². The van der Waals surface area contributed by atoms with Gasteiger partial charge in [0.2, 0.25) is 11.1 Å². The topological polar surface area (TPSA) is 85.8 Å². The van der Waals surface area contributed by atoms with Gasteiger partial charge in [-0.3, -0.25) is 4.79 Å². The summed E-state index contributed by atoms with van der Waals surface area (Å²) in [6.07, 6.45) is 2.43. The van der Waals surface area contributed by atoms with Crippen LogP contribution in [0.2, 0.25) is 5.02 Å². The highest BCUT2D eigenvalue weighted by atomic mass is 35.5. The van der Waals surface area contributed by atoms with Gasteiger partial charge in [-0.25, -0.2) is 4.68 Å². The number of benzene rings is 1. The van der Waals surface area contributed by atoms with Crippen LogP contribution in [0.1, 0.15) is 12.8 Å². The molecule has 0 radical (unpaired) electrons. The quantitative estimate of drug-likeness (QED) is 0.621. The summed E-state index contributed by atoms with van der Waals surface area (Å²) in [5.41, 5.74) is 0.785. The molecule has 1 saturated carbocycles. The molecule has 6 nitrogen and oxygen atoms in total. The minimum atomic E-state index is -0.00999. The summed E-state index contributed by atoms with van der Waals surface area (Å²) in [6.45, 7) is 0.766. The van der Waals surface area contributed by atoms with Crippen molar-refractivity contribution in [2.75, 3.05) is 18.1 Å². The summed E-state index contributed by atoms with van der Waals surface area (Å²) in [7, 11) is 0. The first-order valence-corrected chi connectivity index (χ1v) is 8.36. The first-order valence-electron chi connectivity index (χ1n) is 6.99. The van der Waals surface area contributed by atoms with Crippen LogP contribution in [0.15, 0.2) is 29.4 Å². The zero-order valence-corrected chi connectivity index (χ0v) is 13.4. The van der Waals surface area contributed by atoms with E-state index in [0.717, 1.165) is 12.1 Å². The first kappa shape index (κ1) is 15.2. The second kappa shape index (κ2) is 6.58. The molecule has 22 heavy (non-hydrogen) atoms. The van der Waals surface area contributed by atoms with Crippen LogP contribution in [0.5, 0.6) is 0 Å². The van der Waals surface area contributed by atoms with Gasteiger partial charge < -0.3 is 11.2 Å². The van der Waals surface area contributed by atoms with Crippen LogP contribution in [0.3, 0.4) is 0 Å². The predicted molar refractivity (Wildman–Crippen MR) is 87.1 cm³/mol. The molecule has 1 amide bonds. The number of hydrogen-bond donors (Lipinski definition) is 2. The molecule has 2 aromatic rings. The molecular weight excluding hydrogens is 322 g/mol. The SMILES string of the molecule is Nn1c(SCC(=O)NCC2CC2)nnc1-c1cccc(Cl)c1. The smallest absolute Gasteiger partial charge is 0.230 e. The number of nitrogen functional groups attached to an aromatic ring is 1. The molecule has 8 heteroatoms. The summed E-state index contributed by atoms with van der Waals surface area (Å²) in [4.78, 5) is 11.7. The number of nitrogens with one attached hydrogen (secondary N) is 1. The molecule has 0 spiro atoms. The minimum Gasteiger partial charge on any atom is -0.355 e. The number of halogens is 1. The lowest BCUT2D eigenvalue weighted by atomic mass is 10.2. The van der Waals surface area contributed by atoms with Gasteiger partial charge in [0.05, 0.1) is 5.75 Å². The number of amides is 1. The average molecular weight is 338 g/mol. The lowest BCUT2D eigenvalue weighted by Crippen LogP contribution is -2.27. The van der Waals surface area contributed by atoms with Gasteiger partial charge in [0.25, 0.3) is 0 Å².